The first-order valence-electron chi connectivity index (χ1n) is 5.15. The fourth-order valence-corrected chi connectivity index (χ4v) is 1.84. The van der Waals surface area contributed by atoms with Crippen molar-refractivity contribution in [2.24, 2.45) is 5.14 Å². The molecule has 17 heavy (non-hydrogen) atoms. The topological polar surface area (TPSA) is 101 Å². The van der Waals surface area contributed by atoms with E-state index >= 15 is 0 Å². The third kappa shape index (κ3) is 3.72. The summed E-state index contributed by atoms with van der Waals surface area (Å²) in [5, 5.41) is 7.66. The zero-order chi connectivity index (χ0) is 12.5. The van der Waals surface area contributed by atoms with Gasteiger partial charge in [0.15, 0.2) is 0 Å². The van der Waals surface area contributed by atoms with E-state index in [4.69, 9.17) is 5.14 Å². The summed E-state index contributed by atoms with van der Waals surface area (Å²) in [6, 6.07) is 6.44. The van der Waals surface area contributed by atoms with E-state index in [0.717, 1.165) is 12.8 Å². The van der Waals surface area contributed by atoms with E-state index in [1.54, 1.807) is 12.1 Å². The average Bonchev–Trinajstić information content (AvgIpc) is 2.99. The smallest absolute Gasteiger partial charge is 0.296 e. The van der Waals surface area contributed by atoms with Crippen LogP contribution >= 0.6 is 0 Å². The van der Waals surface area contributed by atoms with Gasteiger partial charge in [-0.2, -0.15) is 8.42 Å². The second-order valence-electron chi connectivity index (χ2n) is 3.98. The number of benzene rings is 1. The Hall–Kier alpha value is -1.60. The van der Waals surface area contributed by atoms with Gasteiger partial charge in [-0.15, -0.1) is 0 Å². The van der Waals surface area contributed by atoms with E-state index in [1.165, 1.54) is 12.1 Å². The molecule has 92 valence electrons. The summed E-state index contributed by atoms with van der Waals surface area (Å²) >= 11 is 0. The molecule has 1 aliphatic rings. The van der Waals surface area contributed by atoms with E-state index in [-0.39, 0.29) is 17.6 Å². The molecule has 0 unspecified atom stereocenters. The molecule has 0 radical (unpaired) electrons. The number of anilines is 1. The Morgan fingerprint density at radius 1 is 1.35 bits per heavy atom. The molecule has 0 aromatic heterocycles. The largest absolute Gasteiger partial charge is 0.349 e. The monoisotopic (exact) mass is 255 g/mol. The van der Waals surface area contributed by atoms with Crippen molar-refractivity contribution in [2.45, 2.75) is 18.9 Å². The lowest BCUT2D eigenvalue weighted by molar-refractivity contribution is 0.0951. The van der Waals surface area contributed by atoms with Gasteiger partial charge in [-0.25, -0.2) is 5.14 Å². The molecular formula is C10H13N3O3S. The lowest BCUT2D eigenvalue weighted by atomic mass is 10.2. The van der Waals surface area contributed by atoms with Gasteiger partial charge in [0.25, 0.3) is 16.1 Å². The fourth-order valence-electron chi connectivity index (χ4n) is 1.38. The average molecular weight is 255 g/mol. The third-order valence-electron chi connectivity index (χ3n) is 2.30. The van der Waals surface area contributed by atoms with Crippen LogP contribution in [0.5, 0.6) is 0 Å². The minimum Gasteiger partial charge on any atom is -0.349 e. The Balaban J connectivity index is 2.12. The normalized spacial score (nSPS) is 15.4. The number of rotatable bonds is 4. The maximum absolute atomic E-state index is 11.7. The fraction of sp³-hybridized carbons (Fsp3) is 0.300. The van der Waals surface area contributed by atoms with Crippen LogP contribution in [0.15, 0.2) is 24.3 Å². The molecule has 1 saturated carbocycles. The van der Waals surface area contributed by atoms with Gasteiger partial charge >= 0.3 is 0 Å². The number of carbonyl (C=O) groups is 1. The summed E-state index contributed by atoms with van der Waals surface area (Å²) in [6.45, 7) is 0. The van der Waals surface area contributed by atoms with Gasteiger partial charge in [-0.05, 0) is 31.0 Å². The summed E-state index contributed by atoms with van der Waals surface area (Å²) in [5.41, 5.74) is 0.682. The number of nitrogens with one attached hydrogen (secondary N) is 2. The van der Waals surface area contributed by atoms with Crippen LogP contribution in [0.1, 0.15) is 23.2 Å². The van der Waals surface area contributed by atoms with Crippen LogP contribution in [-0.2, 0) is 10.2 Å². The van der Waals surface area contributed by atoms with Gasteiger partial charge < -0.3 is 5.32 Å². The molecule has 7 heteroatoms. The first kappa shape index (κ1) is 11.9. The lowest BCUT2D eigenvalue weighted by Gasteiger charge is -2.06. The van der Waals surface area contributed by atoms with Crippen LogP contribution in [0.2, 0.25) is 0 Å². The van der Waals surface area contributed by atoms with Crippen LogP contribution in [0.4, 0.5) is 5.69 Å². The minimum absolute atomic E-state index is 0.203. The molecule has 1 amide bonds. The van der Waals surface area contributed by atoms with Crippen molar-refractivity contribution >= 4 is 21.8 Å². The molecule has 6 nitrogen and oxygen atoms in total. The zero-order valence-corrected chi connectivity index (χ0v) is 9.83. The second-order valence-corrected chi connectivity index (χ2v) is 5.27. The molecule has 0 spiro atoms. The van der Waals surface area contributed by atoms with Crippen LogP contribution in [0, 0.1) is 0 Å². The Bertz CT molecular complexity index is 537. The SMILES string of the molecule is NS(=O)(=O)Nc1cccc(C(=O)NC2CC2)c1. The van der Waals surface area contributed by atoms with Crippen molar-refractivity contribution in [3.63, 3.8) is 0 Å². The van der Waals surface area contributed by atoms with E-state index in [1.807, 2.05) is 0 Å². The van der Waals surface area contributed by atoms with E-state index in [2.05, 4.69) is 10.0 Å². The van der Waals surface area contributed by atoms with Crippen molar-refractivity contribution in [1.29, 1.82) is 0 Å². The van der Waals surface area contributed by atoms with Crippen LogP contribution in [-0.4, -0.2) is 20.4 Å². The second kappa shape index (κ2) is 4.34. The maximum Gasteiger partial charge on any atom is 0.296 e. The number of carbonyl (C=O) groups excluding carboxylic acids is 1. The van der Waals surface area contributed by atoms with Gasteiger partial charge in [-0.3, -0.25) is 9.52 Å². The minimum atomic E-state index is -3.81. The molecule has 0 aliphatic heterocycles. The van der Waals surface area contributed by atoms with Crippen LogP contribution in [0.25, 0.3) is 0 Å². The predicted octanol–water partition coefficient (Wildman–Crippen LogP) is 0.194. The quantitative estimate of drug-likeness (QED) is 0.716. The predicted molar refractivity (Wildman–Crippen MR) is 63.7 cm³/mol. The summed E-state index contributed by atoms with van der Waals surface area (Å²) in [6.07, 6.45) is 2.00. The van der Waals surface area contributed by atoms with Crippen molar-refractivity contribution in [1.82, 2.24) is 5.32 Å². The van der Waals surface area contributed by atoms with Crippen molar-refractivity contribution in [3.05, 3.63) is 29.8 Å². The summed E-state index contributed by atoms with van der Waals surface area (Å²) < 4.78 is 23.8. The summed E-state index contributed by atoms with van der Waals surface area (Å²) in [4.78, 5) is 11.7. The van der Waals surface area contributed by atoms with Crippen LogP contribution < -0.4 is 15.2 Å². The number of nitrogens with two attached hydrogens (primary N) is 1. The maximum atomic E-state index is 11.7. The number of amides is 1. The van der Waals surface area contributed by atoms with E-state index < -0.39 is 10.2 Å². The Kier molecular flexibility index (Phi) is 3.03. The van der Waals surface area contributed by atoms with E-state index in [0.29, 0.717) is 5.56 Å². The molecular weight excluding hydrogens is 242 g/mol. The Morgan fingerprint density at radius 2 is 2.06 bits per heavy atom. The van der Waals surface area contributed by atoms with Gasteiger partial charge in [0.1, 0.15) is 0 Å². The molecule has 4 N–H and O–H groups in total. The molecule has 1 aromatic rings. The zero-order valence-electron chi connectivity index (χ0n) is 9.01. The number of hydrogen-bond donors (Lipinski definition) is 3. The molecule has 0 saturated heterocycles. The van der Waals surface area contributed by atoms with Crippen molar-refractivity contribution < 1.29 is 13.2 Å². The molecule has 2 rings (SSSR count). The molecule has 0 atom stereocenters. The highest BCUT2D eigenvalue weighted by atomic mass is 32.2. The lowest BCUT2D eigenvalue weighted by Crippen LogP contribution is -2.26. The first-order chi connectivity index (χ1) is 7.94. The highest BCUT2D eigenvalue weighted by Gasteiger charge is 2.23. The third-order valence-corrected chi connectivity index (χ3v) is 2.82. The highest BCUT2D eigenvalue weighted by molar-refractivity contribution is 7.90. The van der Waals surface area contributed by atoms with Gasteiger partial charge in [0.05, 0.1) is 5.69 Å². The van der Waals surface area contributed by atoms with Crippen LogP contribution in [0.3, 0.4) is 0 Å². The molecule has 0 heterocycles. The number of hydrogen-bond acceptors (Lipinski definition) is 3. The van der Waals surface area contributed by atoms with E-state index in [9.17, 15) is 13.2 Å². The van der Waals surface area contributed by atoms with Crippen molar-refractivity contribution in [3.8, 4) is 0 Å². The first-order valence-corrected chi connectivity index (χ1v) is 6.70. The van der Waals surface area contributed by atoms with Crippen molar-refractivity contribution in [2.75, 3.05) is 4.72 Å². The Labute approximate surface area is 99.4 Å². The van der Waals surface area contributed by atoms with Gasteiger partial charge in [-0.1, -0.05) is 6.07 Å². The molecule has 1 aromatic carbocycles. The standard InChI is InChI=1S/C10H13N3O3S/c11-17(15,16)13-9-3-1-2-7(6-9)10(14)12-8-4-5-8/h1-3,6,8,13H,4-5H2,(H,12,14)(H2,11,15,16). The molecule has 1 aliphatic carbocycles. The van der Waals surface area contributed by atoms with Gasteiger partial charge in [0.2, 0.25) is 0 Å². The summed E-state index contributed by atoms with van der Waals surface area (Å²) in [7, 11) is -3.81. The Morgan fingerprint density at radius 3 is 2.65 bits per heavy atom. The highest BCUT2D eigenvalue weighted by Crippen LogP contribution is 2.20. The molecule has 0 bridgehead atoms. The molecule has 1 fully saturated rings. The van der Waals surface area contributed by atoms with Gasteiger partial charge in [0, 0.05) is 11.6 Å². The summed E-state index contributed by atoms with van der Waals surface area (Å²) in [5.74, 6) is -0.203.